The summed E-state index contributed by atoms with van der Waals surface area (Å²) in [4.78, 5) is 18.4. The Hall–Kier alpha value is -1.43. The highest BCUT2D eigenvalue weighted by Crippen LogP contribution is 2.43. The normalized spacial score (nSPS) is 43.3. The van der Waals surface area contributed by atoms with Crippen molar-refractivity contribution in [3.8, 4) is 0 Å². The minimum Gasteiger partial charge on any atom is -0.393 e. The standard InChI is InChI=1S/C22H31N3O2/c26-19-8-6-16(7-9-19)21(27)23-20-17-12-24-10-11-25(13-17)15-22(20,14-24)18-4-2-1-3-5-18/h1-5,16-17,19-20,26H,6-15H2,(H,23,27)/t16?,17?,19?,20-,22?/m0/s1. The van der Waals surface area contributed by atoms with E-state index in [2.05, 4.69) is 45.4 Å². The van der Waals surface area contributed by atoms with Crippen LogP contribution in [0, 0.1) is 11.8 Å². The molecule has 0 radical (unpaired) electrons. The molecular weight excluding hydrogens is 338 g/mol. The largest absolute Gasteiger partial charge is 0.393 e. The molecule has 5 heteroatoms. The molecule has 1 amide bonds. The van der Waals surface area contributed by atoms with Crippen molar-refractivity contribution < 1.29 is 9.90 Å². The minimum atomic E-state index is -0.213. The monoisotopic (exact) mass is 369 g/mol. The summed E-state index contributed by atoms with van der Waals surface area (Å²) in [7, 11) is 0. The lowest BCUT2D eigenvalue weighted by atomic mass is 9.64. The molecule has 4 aliphatic heterocycles. The van der Waals surface area contributed by atoms with Gasteiger partial charge in [0.15, 0.2) is 0 Å². The van der Waals surface area contributed by atoms with E-state index in [0.717, 1.165) is 65.0 Å². The van der Waals surface area contributed by atoms with Gasteiger partial charge in [-0.1, -0.05) is 30.3 Å². The van der Waals surface area contributed by atoms with Gasteiger partial charge in [0.25, 0.3) is 0 Å². The Bertz CT molecular complexity index is 670. The van der Waals surface area contributed by atoms with Gasteiger partial charge in [-0.2, -0.15) is 0 Å². The third-order valence-electron chi connectivity index (χ3n) is 7.51. The van der Waals surface area contributed by atoms with E-state index in [4.69, 9.17) is 0 Å². The lowest BCUT2D eigenvalue weighted by Gasteiger charge is -2.56. The van der Waals surface area contributed by atoms with Crippen LogP contribution in [0.25, 0.3) is 0 Å². The van der Waals surface area contributed by atoms with Crippen LogP contribution in [0.3, 0.4) is 0 Å². The van der Waals surface area contributed by atoms with Crippen molar-refractivity contribution in [1.82, 2.24) is 15.1 Å². The molecule has 6 rings (SSSR count). The Balaban J connectivity index is 1.44. The molecule has 3 atom stereocenters. The van der Waals surface area contributed by atoms with Crippen LogP contribution in [0.4, 0.5) is 0 Å². The van der Waals surface area contributed by atoms with Gasteiger partial charge in [0.2, 0.25) is 5.91 Å². The first-order valence-corrected chi connectivity index (χ1v) is 10.6. The first-order valence-electron chi connectivity index (χ1n) is 10.6. The average Bonchev–Trinajstić information content (AvgIpc) is 2.94. The van der Waals surface area contributed by atoms with Crippen LogP contribution >= 0.6 is 0 Å². The molecule has 4 bridgehead atoms. The van der Waals surface area contributed by atoms with Gasteiger partial charge >= 0.3 is 0 Å². The molecule has 146 valence electrons. The van der Waals surface area contributed by atoms with Crippen molar-refractivity contribution in [3.05, 3.63) is 35.9 Å². The van der Waals surface area contributed by atoms with E-state index in [-0.39, 0.29) is 29.4 Å². The Morgan fingerprint density at radius 3 is 2.26 bits per heavy atom. The van der Waals surface area contributed by atoms with Crippen LogP contribution < -0.4 is 5.32 Å². The third-order valence-corrected chi connectivity index (χ3v) is 7.51. The Morgan fingerprint density at radius 2 is 1.63 bits per heavy atom. The van der Waals surface area contributed by atoms with E-state index < -0.39 is 0 Å². The predicted octanol–water partition coefficient (Wildman–Crippen LogP) is 1.22. The van der Waals surface area contributed by atoms with E-state index in [9.17, 15) is 9.90 Å². The van der Waals surface area contributed by atoms with Gasteiger partial charge in [0, 0.05) is 62.6 Å². The first-order chi connectivity index (χ1) is 13.1. The zero-order valence-electron chi connectivity index (χ0n) is 16.0. The number of carbonyl (C=O) groups is 1. The van der Waals surface area contributed by atoms with Crippen LogP contribution in [0.2, 0.25) is 0 Å². The number of nitrogens with one attached hydrogen (secondary N) is 1. The maximum absolute atomic E-state index is 13.1. The van der Waals surface area contributed by atoms with Crippen molar-refractivity contribution in [2.75, 3.05) is 39.3 Å². The van der Waals surface area contributed by atoms with E-state index in [1.807, 2.05) is 0 Å². The maximum Gasteiger partial charge on any atom is 0.223 e. The number of amides is 1. The number of benzene rings is 1. The summed E-state index contributed by atoms with van der Waals surface area (Å²) in [6.07, 6.45) is 2.95. The number of aliphatic hydroxyl groups is 1. The zero-order valence-corrected chi connectivity index (χ0v) is 16.0. The lowest BCUT2D eigenvalue weighted by molar-refractivity contribution is -0.130. The average molecular weight is 370 g/mol. The molecule has 1 aliphatic carbocycles. The fourth-order valence-electron chi connectivity index (χ4n) is 6.18. The van der Waals surface area contributed by atoms with Gasteiger partial charge in [0.05, 0.1) is 6.10 Å². The fourth-order valence-corrected chi connectivity index (χ4v) is 6.18. The summed E-state index contributed by atoms with van der Waals surface area (Å²) in [5.74, 6) is 0.785. The number of rotatable bonds is 3. The second-order valence-electron chi connectivity index (χ2n) is 9.24. The summed E-state index contributed by atoms with van der Waals surface area (Å²) in [6, 6.07) is 11.1. The second kappa shape index (κ2) is 6.87. The predicted molar refractivity (Wildman–Crippen MR) is 104 cm³/mol. The first kappa shape index (κ1) is 17.7. The molecule has 27 heavy (non-hydrogen) atoms. The van der Waals surface area contributed by atoms with Gasteiger partial charge in [-0.3, -0.25) is 4.79 Å². The van der Waals surface area contributed by atoms with E-state index >= 15 is 0 Å². The second-order valence-corrected chi connectivity index (χ2v) is 9.24. The summed E-state index contributed by atoms with van der Waals surface area (Å²) in [5, 5.41) is 13.3. The van der Waals surface area contributed by atoms with Crippen LogP contribution in [0.1, 0.15) is 31.2 Å². The van der Waals surface area contributed by atoms with E-state index in [0.29, 0.717) is 5.92 Å². The molecule has 2 unspecified atom stereocenters. The summed E-state index contributed by atoms with van der Waals surface area (Å²) in [6.45, 7) is 6.56. The molecule has 4 saturated heterocycles. The Labute approximate surface area is 161 Å². The highest BCUT2D eigenvalue weighted by Gasteiger charge is 2.55. The van der Waals surface area contributed by atoms with E-state index in [1.165, 1.54) is 5.56 Å². The van der Waals surface area contributed by atoms with Gasteiger partial charge in [-0.15, -0.1) is 0 Å². The van der Waals surface area contributed by atoms with Gasteiger partial charge < -0.3 is 20.2 Å². The topological polar surface area (TPSA) is 55.8 Å². The number of hydrogen-bond acceptors (Lipinski definition) is 4. The highest BCUT2D eigenvalue weighted by molar-refractivity contribution is 5.79. The van der Waals surface area contributed by atoms with Crippen LogP contribution in [0.15, 0.2) is 30.3 Å². The summed E-state index contributed by atoms with van der Waals surface area (Å²) in [5.41, 5.74) is 1.36. The van der Waals surface area contributed by atoms with Crippen molar-refractivity contribution in [2.24, 2.45) is 11.8 Å². The zero-order chi connectivity index (χ0) is 18.4. The Kier molecular flexibility index (Phi) is 4.49. The molecule has 0 aromatic heterocycles. The third kappa shape index (κ3) is 3.10. The van der Waals surface area contributed by atoms with Gasteiger partial charge in [-0.25, -0.2) is 0 Å². The van der Waals surface area contributed by atoms with Crippen molar-refractivity contribution in [2.45, 2.75) is 43.2 Å². The smallest absolute Gasteiger partial charge is 0.223 e. The molecule has 1 aromatic carbocycles. The number of hydrogen-bond donors (Lipinski definition) is 2. The number of aliphatic hydroxyl groups excluding tert-OH is 1. The number of carbonyl (C=O) groups excluding carboxylic acids is 1. The van der Waals surface area contributed by atoms with Gasteiger partial charge in [-0.05, 0) is 31.2 Å². The van der Waals surface area contributed by atoms with Gasteiger partial charge in [0.1, 0.15) is 0 Å². The van der Waals surface area contributed by atoms with Crippen molar-refractivity contribution in [3.63, 3.8) is 0 Å². The van der Waals surface area contributed by atoms with Crippen LogP contribution in [-0.4, -0.2) is 72.2 Å². The molecule has 1 saturated carbocycles. The van der Waals surface area contributed by atoms with Crippen LogP contribution in [-0.2, 0) is 10.2 Å². The van der Waals surface area contributed by atoms with Crippen molar-refractivity contribution >= 4 is 5.91 Å². The lowest BCUT2D eigenvalue weighted by Crippen LogP contribution is -2.71. The van der Waals surface area contributed by atoms with Crippen LogP contribution in [0.5, 0.6) is 0 Å². The molecular formula is C22H31N3O2. The summed E-state index contributed by atoms with van der Waals surface area (Å²) >= 11 is 0. The number of fused-ring (bicyclic) bond motifs is 1. The van der Waals surface area contributed by atoms with Crippen molar-refractivity contribution in [1.29, 1.82) is 0 Å². The number of nitrogens with zero attached hydrogens (tertiary/aromatic N) is 2. The molecule has 1 aromatic rings. The quantitative estimate of drug-likeness (QED) is 0.841. The molecule has 4 heterocycles. The summed E-state index contributed by atoms with van der Waals surface area (Å²) < 4.78 is 0. The highest BCUT2D eigenvalue weighted by atomic mass is 16.3. The molecule has 0 spiro atoms. The molecule has 5 fully saturated rings. The number of piperidine rings is 2. The minimum absolute atomic E-state index is 0.0111. The fraction of sp³-hybridized carbons (Fsp3) is 0.682. The maximum atomic E-state index is 13.1. The van der Waals surface area contributed by atoms with E-state index in [1.54, 1.807) is 0 Å². The molecule has 5 nitrogen and oxygen atoms in total. The molecule has 5 aliphatic rings. The Morgan fingerprint density at radius 1 is 1.00 bits per heavy atom. The molecule has 2 N–H and O–H groups in total. The SMILES string of the molecule is O=C(N[C@H]1C2CN3CCN(C2)CC1(c1ccccc1)C3)C1CCC(O)CC1.